The number of carbonyl (C=O) groups is 2. The Kier molecular flexibility index (Phi) is 5.63. The van der Waals surface area contributed by atoms with Crippen molar-refractivity contribution in [1.29, 1.82) is 5.26 Å². The molecular weight excluding hydrogens is 434 g/mol. The number of fused-ring (bicyclic) bond motifs is 1. The molecule has 1 N–H and O–H groups in total. The first-order valence-electron chi connectivity index (χ1n) is 11.2. The summed E-state index contributed by atoms with van der Waals surface area (Å²) < 4.78 is 5.88. The number of nitriles is 1. The van der Waals surface area contributed by atoms with E-state index in [9.17, 15) is 14.9 Å². The zero-order chi connectivity index (χ0) is 23.1. The van der Waals surface area contributed by atoms with Gasteiger partial charge in [-0.2, -0.15) is 5.26 Å². The highest BCUT2D eigenvalue weighted by molar-refractivity contribution is 8.03. The molecule has 0 saturated heterocycles. The van der Waals surface area contributed by atoms with Gasteiger partial charge in [0.1, 0.15) is 11.5 Å². The Balaban J connectivity index is 1.44. The van der Waals surface area contributed by atoms with Gasteiger partial charge in [0.15, 0.2) is 5.78 Å². The lowest BCUT2D eigenvalue weighted by Gasteiger charge is -2.32. The number of nitrogens with zero attached hydrogens (tertiary/aromatic N) is 2. The summed E-state index contributed by atoms with van der Waals surface area (Å²) in [6.07, 6.45) is 2.83. The fraction of sp³-hybridized carbons (Fsp3) is 0.346. The minimum absolute atomic E-state index is 0.00827. The van der Waals surface area contributed by atoms with E-state index >= 15 is 0 Å². The molecule has 5 rings (SSSR count). The number of benzene rings is 1. The summed E-state index contributed by atoms with van der Waals surface area (Å²) in [4.78, 5) is 27.9. The average Bonchev–Trinajstić information content (AvgIpc) is 3.38. The number of aryl methyl sites for hydroxylation is 1. The van der Waals surface area contributed by atoms with Crippen molar-refractivity contribution in [1.82, 2.24) is 5.32 Å². The van der Waals surface area contributed by atoms with E-state index in [2.05, 4.69) is 24.4 Å². The third-order valence-electron chi connectivity index (χ3n) is 6.52. The number of ketones is 1. The number of furan rings is 1. The summed E-state index contributed by atoms with van der Waals surface area (Å²) in [6, 6.07) is 14.1. The largest absolute Gasteiger partial charge is 0.465 e. The van der Waals surface area contributed by atoms with Crippen LogP contribution in [0.3, 0.4) is 0 Å². The standard InChI is InChI=1S/C26H25N3O3S/c1-15-12-17-6-3-4-8-20(17)29(15)23(31)14-33-26-18(13-27)24(22-11-10-16(2)32-22)25-19(28-26)7-5-9-21(25)30/h3-4,6,8,10-11,15,24,28H,5,7,9,12,14H2,1-2H3/t15-,24+/m1/s1. The maximum Gasteiger partial charge on any atom is 0.237 e. The topological polar surface area (TPSA) is 86.3 Å². The van der Waals surface area contributed by atoms with Crippen molar-refractivity contribution in [2.45, 2.75) is 51.5 Å². The summed E-state index contributed by atoms with van der Waals surface area (Å²) in [6.45, 7) is 3.91. The van der Waals surface area contributed by atoms with Gasteiger partial charge < -0.3 is 14.6 Å². The first-order valence-corrected chi connectivity index (χ1v) is 12.2. The van der Waals surface area contributed by atoms with E-state index in [1.54, 1.807) is 0 Å². The Morgan fingerprint density at radius 3 is 2.85 bits per heavy atom. The van der Waals surface area contributed by atoms with Gasteiger partial charge in [-0.25, -0.2) is 0 Å². The number of amides is 1. The maximum atomic E-state index is 13.2. The fourth-order valence-electron chi connectivity index (χ4n) is 5.08. The Labute approximate surface area is 197 Å². The highest BCUT2D eigenvalue weighted by Gasteiger charge is 2.39. The molecule has 0 bridgehead atoms. The number of allylic oxidation sites excluding steroid dienone is 3. The highest BCUT2D eigenvalue weighted by atomic mass is 32.2. The van der Waals surface area contributed by atoms with E-state index in [4.69, 9.17) is 4.42 Å². The zero-order valence-electron chi connectivity index (χ0n) is 18.7. The third-order valence-corrected chi connectivity index (χ3v) is 7.53. The summed E-state index contributed by atoms with van der Waals surface area (Å²) in [5.41, 5.74) is 4.06. The summed E-state index contributed by atoms with van der Waals surface area (Å²) in [5, 5.41) is 14.1. The molecule has 3 aliphatic rings. The van der Waals surface area contributed by atoms with Gasteiger partial charge in [0.05, 0.1) is 28.3 Å². The Bertz CT molecular complexity index is 1250. The SMILES string of the molecule is Cc1ccc([C@@H]2C(C#N)=C(SCC(=O)N3c4ccccc4C[C@H]3C)NC3=C2C(=O)CCC3)o1. The molecule has 2 atom stereocenters. The summed E-state index contributed by atoms with van der Waals surface area (Å²) in [5.74, 6) is 1.06. The van der Waals surface area contributed by atoms with Crippen LogP contribution in [0.25, 0.3) is 0 Å². The first-order chi connectivity index (χ1) is 16.0. The average molecular weight is 460 g/mol. The van der Waals surface area contributed by atoms with Crippen LogP contribution in [0, 0.1) is 18.3 Å². The van der Waals surface area contributed by atoms with Gasteiger partial charge in [-0.3, -0.25) is 9.59 Å². The molecule has 168 valence electrons. The molecule has 7 heteroatoms. The lowest BCUT2D eigenvalue weighted by molar-refractivity contribution is -0.117. The second-order valence-electron chi connectivity index (χ2n) is 8.76. The number of dihydropyridines is 1. The second-order valence-corrected chi connectivity index (χ2v) is 9.75. The van der Waals surface area contributed by atoms with Crippen molar-refractivity contribution in [3.8, 4) is 6.07 Å². The lowest BCUT2D eigenvalue weighted by Crippen LogP contribution is -2.37. The Morgan fingerprint density at radius 1 is 1.27 bits per heavy atom. The molecule has 0 radical (unpaired) electrons. The number of rotatable bonds is 4. The van der Waals surface area contributed by atoms with E-state index in [-0.39, 0.29) is 23.5 Å². The number of hydrogen-bond donors (Lipinski definition) is 1. The van der Waals surface area contributed by atoms with Gasteiger partial charge in [-0.1, -0.05) is 30.0 Å². The van der Waals surface area contributed by atoms with Gasteiger partial charge in [0.25, 0.3) is 0 Å². The lowest BCUT2D eigenvalue weighted by atomic mass is 9.79. The van der Waals surface area contributed by atoms with Crippen LogP contribution in [-0.4, -0.2) is 23.5 Å². The van der Waals surface area contributed by atoms with Crippen molar-refractivity contribution in [3.05, 3.63) is 75.4 Å². The van der Waals surface area contributed by atoms with E-state index in [0.29, 0.717) is 28.4 Å². The molecule has 1 aromatic heterocycles. The van der Waals surface area contributed by atoms with Gasteiger partial charge in [-0.05, 0) is 56.9 Å². The normalized spacial score (nSPS) is 22.1. The molecule has 2 aliphatic heterocycles. The number of carbonyl (C=O) groups excluding carboxylic acids is 2. The molecule has 1 amide bonds. The molecule has 3 heterocycles. The molecular formula is C26H25N3O3S. The predicted molar refractivity (Wildman–Crippen MR) is 127 cm³/mol. The van der Waals surface area contributed by atoms with Gasteiger partial charge in [0, 0.05) is 29.4 Å². The first kappa shape index (κ1) is 21.6. The Hall–Kier alpha value is -3.24. The van der Waals surface area contributed by atoms with Crippen LogP contribution >= 0.6 is 11.8 Å². The van der Waals surface area contributed by atoms with Crippen LogP contribution < -0.4 is 10.2 Å². The van der Waals surface area contributed by atoms with Crippen LogP contribution in [0.1, 0.15) is 49.2 Å². The van der Waals surface area contributed by atoms with E-state index in [1.165, 1.54) is 17.3 Å². The molecule has 33 heavy (non-hydrogen) atoms. The van der Waals surface area contributed by atoms with Crippen LogP contribution in [-0.2, 0) is 16.0 Å². The van der Waals surface area contributed by atoms with Crippen molar-refractivity contribution < 1.29 is 14.0 Å². The van der Waals surface area contributed by atoms with Crippen molar-refractivity contribution >= 4 is 29.1 Å². The predicted octanol–water partition coefficient (Wildman–Crippen LogP) is 4.73. The van der Waals surface area contributed by atoms with Crippen molar-refractivity contribution in [3.63, 3.8) is 0 Å². The third kappa shape index (κ3) is 3.79. The second kappa shape index (κ2) is 8.60. The highest BCUT2D eigenvalue weighted by Crippen LogP contribution is 2.44. The summed E-state index contributed by atoms with van der Waals surface area (Å²) in [7, 11) is 0. The van der Waals surface area contributed by atoms with Crippen LogP contribution in [0.4, 0.5) is 5.69 Å². The summed E-state index contributed by atoms with van der Waals surface area (Å²) >= 11 is 1.33. The van der Waals surface area contributed by atoms with E-state index in [1.807, 2.05) is 42.2 Å². The molecule has 0 fully saturated rings. The maximum absolute atomic E-state index is 13.2. The number of hydrogen-bond acceptors (Lipinski definition) is 6. The molecule has 1 aromatic carbocycles. The van der Waals surface area contributed by atoms with E-state index in [0.717, 1.165) is 36.4 Å². The number of nitrogens with one attached hydrogen (secondary N) is 1. The number of thioether (sulfide) groups is 1. The molecule has 2 aromatic rings. The van der Waals surface area contributed by atoms with Crippen molar-refractivity contribution in [2.75, 3.05) is 10.7 Å². The van der Waals surface area contributed by atoms with Gasteiger partial charge in [-0.15, -0.1) is 0 Å². The van der Waals surface area contributed by atoms with Crippen molar-refractivity contribution in [2.24, 2.45) is 0 Å². The van der Waals surface area contributed by atoms with Crippen LogP contribution in [0.15, 0.2) is 62.7 Å². The van der Waals surface area contributed by atoms with E-state index < -0.39 is 5.92 Å². The van der Waals surface area contributed by atoms with Gasteiger partial charge in [0.2, 0.25) is 5.91 Å². The molecule has 1 aliphatic carbocycles. The smallest absolute Gasteiger partial charge is 0.237 e. The van der Waals surface area contributed by atoms with Gasteiger partial charge >= 0.3 is 0 Å². The minimum atomic E-state index is -0.531. The quantitative estimate of drug-likeness (QED) is 0.712. The molecule has 0 spiro atoms. The number of Topliss-reactive ketones (excluding diaryl/α,β-unsaturated/α-hetero) is 1. The van der Waals surface area contributed by atoms with Crippen LogP contribution in [0.5, 0.6) is 0 Å². The molecule has 0 saturated carbocycles. The molecule has 6 nitrogen and oxygen atoms in total. The monoisotopic (exact) mass is 459 g/mol. The van der Waals surface area contributed by atoms with Crippen LogP contribution in [0.2, 0.25) is 0 Å². The Morgan fingerprint density at radius 2 is 2.09 bits per heavy atom. The fourth-order valence-corrected chi connectivity index (χ4v) is 6.00. The number of para-hydroxylation sites is 1. The minimum Gasteiger partial charge on any atom is -0.465 e. The molecule has 0 unspecified atom stereocenters. The number of anilines is 1. The zero-order valence-corrected chi connectivity index (χ0v) is 19.5.